The Morgan fingerprint density at radius 3 is 2.42 bits per heavy atom. The van der Waals surface area contributed by atoms with Crippen LogP contribution >= 0.6 is 0 Å². The number of aromatic nitrogens is 2. The van der Waals surface area contributed by atoms with Gasteiger partial charge in [-0.05, 0) is 54.1 Å². The van der Waals surface area contributed by atoms with Crippen LogP contribution in [0.4, 0.5) is 11.6 Å². The molecular formula is C26H20N4O5S. The topological polar surface area (TPSA) is 127 Å². The van der Waals surface area contributed by atoms with Crippen LogP contribution in [0, 0.1) is 0 Å². The highest BCUT2D eigenvalue weighted by Gasteiger charge is 2.28. The molecule has 1 aliphatic heterocycles. The molecule has 5 rings (SSSR count). The number of sulfonamides is 1. The van der Waals surface area contributed by atoms with E-state index in [2.05, 4.69) is 20.0 Å². The van der Waals surface area contributed by atoms with E-state index in [1.54, 1.807) is 42.5 Å². The number of ether oxygens (including phenoxy) is 1. The summed E-state index contributed by atoms with van der Waals surface area (Å²) in [6.07, 6.45) is 1.16. The molecule has 4 aromatic rings. The number of carbonyl (C=O) groups is 2. The molecule has 2 heterocycles. The lowest BCUT2D eigenvalue weighted by Crippen LogP contribution is -2.23. The fraction of sp³-hybridized carbons (Fsp3) is 0.0769. The highest BCUT2D eigenvalue weighted by molar-refractivity contribution is 7.92. The maximum Gasteiger partial charge on any atom is 0.339 e. The van der Waals surface area contributed by atoms with Crippen molar-refractivity contribution < 1.29 is 22.7 Å². The van der Waals surface area contributed by atoms with Gasteiger partial charge in [0.1, 0.15) is 6.10 Å². The first-order chi connectivity index (χ1) is 17.4. The lowest BCUT2D eigenvalue weighted by Gasteiger charge is -2.24. The number of cyclic esters (lactones) is 1. The number of anilines is 2. The minimum Gasteiger partial charge on any atom is -0.452 e. The fourth-order valence-electron chi connectivity index (χ4n) is 3.79. The molecule has 0 bridgehead atoms. The van der Waals surface area contributed by atoms with Gasteiger partial charge < -0.3 is 10.1 Å². The second-order valence-corrected chi connectivity index (χ2v) is 9.69. The van der Waals surface area contributed by atoms with Crippen molar-refractivity contribution in [3.05, 3.63) is 114 Å². The number of hydrogen-bond acceptors (Lipinski definition) is 7. The van der Waals surface area contributed by atoms with Gasteiger partial charge in [-0.3, -0.25) is 4.79 Å². The summed E-state index contributed by atoms with van der Waals surface area (Å²) in [5.74, 6) is -0.911. The Labute approximate surface area is 207 Å². The maximum absolute atomic E-state index is 12.9. The Morgan fingerprint density at radius 2 is 1.64 bits per heavy atom. The second-order valence-electron chi connectivity index (χ2n) is 8.01. The molecule has 36 heavy (non-hydrogen) atoms. The summed E-state index contributed by atoms with van der Waals surface area (Å²) in [6.45, 7) is 0. The predicted molar refractivity (Wildman–Crippen MR) is 132 cm³/mol. The minimum absolute atomic E-state index is 0.0350. The van der Waals surface area contributed by atoms with E-state index in [-0.39, 0.29) is 16.8 Å². The van der Waals surface area contributed by atoms with Crippen molar-refractivity contribution in [3.8, 4) is 0 Å². The van der Waals surface area contributed by atoms with Gasteiger partial charge in [0.05, 0.1) is 16.2 Å². The SMILES string of the molecule is O=C(Nc1ccc(S(=O)(=O)Nc2nccc(C3Cc4ccccc4C(=O)O3)n2)cc1)c1ccccc1. The highest BCUT2D eigenvalue weighted by Crippen LogP contribution is 2.30. The van der Waals surface area contributed by atoms with E-state index in [4.69, 9.17) is 4.74 Å². The quantitative estimate of drug-likeness (QED) is 0.383. The summed E-state index contributed by atoms with van der Waals surface area (Å²) in [4.78, 5) is 32.9. The minimum atomic E-state index is -4.01. The van der Waals surface area contributed by atoms with Gasteiger partial charge in [0.2, 0.25) is 5.95 Å². The number of fused-ring (bicyclic) bond motifs is 1. The van der Waals surface area contributed by atoms with Crippen molar-refractivity contribution in [2.45, 2.75) is 17.4 Å². The third-order valence-electron chi connectivity index (χ3n) is 5.58. The molecule has 0 saturated carbocycles. The number of amides is 1. The Hall–Kier alpha value is -4.57. The van der Waals surface area contributed by atoms with Crippen LogP contribution in [-0.2, 0) is 21.2 Å². The van der Waals surface area contributed by atoms with Crippen molar-refractivity contribution in [2.75, 3.05) is 10.0 Å². The molecule has 0 fully saturated rings. The molecule has 2 N–H and O–H groups in total. The zero-order chi connectivity index (χ0) is 25.1. The molecule has 9 nitrogen and oxygen atoms in total. The van der Waals surface area contributed by atoms with Gasteiger partial charge in [0, 0.05) is 23.9 Å². The number of nitrogens with one attached hydrogen (secondary N) is 2. The van der Waals surface area contributed by atoms with Crippen LogP contribution in [0.3, 0.4) is 0 Å². The normalized spacial score (nSPS) is 14.9. The van der Waals surface area contributed by atoms with Crippen LogP contribution in [0.1, 0.15) is 38.1 Å². The van der Waals surface area contributed by atoms with Gasteiger partial charge in [-0.1, -0.05) is 36.4 Å². The number of carbonyl (C=O) groups excluding carboxylic acids is 2. The van der Waals surface area contributed by atoms with E-state index in [1.165, 1.54) is 30.5 Å². The Morgan fingerprint density at radius 1 is 0.917 bits per heavy atom. The van der Waals surface area contributed by atoms with Crippen LogP contribution in [-0.4, -0.2) is 30.3 Å². The van der Waals surface area contributed by atoms with Crippen molar-refractivity contribution >= 4 is 33.5 Å². The molecule has 180 valence electrons. The smallest absolute Gasteiger partial charge is 0.339 e. The number of nitrogens with zero attached hydrogens (tertiary/aromatic N) is 2. The van der Waals surface area contributed by atoms with Crippen molar-refractivity contribution in [3.63, 3.8) is 0 Å². The molecule has 1 aromatic heterocycles. The standard InChI is InChI=1S/C26H20N4O5S/c31-24(17-6-2-1-3-7-17)28-19-10-12-20(13-11-19)36(33,34)30-26-27-15-14-22(29-26)23-16-18-8-4-5-9-21(18)25(32)35-23/h1-15,23H,16H2,(H,28,31)(H,27,29,30). The van der Waals surface area contributed by atoms with Gasteiger partial charge in [0.25, 0.3) is 15.9 Å². The van der Waals surface area contributed by atoms with Crippen LogP contribution in [0.15, 0.2) is 96.0 Å². The van der Waals surface area contributed by atoms with E-state index in [9.17, 15) is 18.0 Å². The van der Waals surface area contributed by atoms with Crippen molar-refractivity contribution in [1.82, 2.24) is 9.97 Å². The van der Waals surface area contributed by atoms with Gasteiger partial charge in [-0.2, -0.15) is 0 Å². The molecule has 1 atom stereocenters. The first-order valence-electron chi connectivity index (χ1n) is 11.0. The van der Waals surface area contributed by atoms with Gasteiger partial charge >= 0.3 is 5.97 Å². The van der Waals surface area contributed by atoms with Gasteiger partial charge in [0.15, 0.2) is 0 Å². The third kappa shape index (κ3) is 4.93. The summed E-state index contributed by atoms with van der Waals surface area (Å²) in [5, 5.41) is 2.72. The summed E-state index contributed by atoms with van der Waals surface area (Å²) in [7, 11) is -4.01. The molecule has 3 aromatic carbocycles. The molecular weight excluding hydrogens is 480 g/mol. The Bertz CT molecular complexity index is 1540. The monoisotopic (exact) mass is 500 g/mol. The lowest BCUT2D eigenvalue weighted by molar-refractivity contribution is 0.0242. The number of esters is 1. The number of rotatable bonds is 6. The summed E-state index contributed by atoms with van der Waals surface area (Å²) >= 11 is 0. The number of hydrogen-bond donors (Lipinski definition) is 2. The fourth-order valence-corrected chi connectivity index (χ4v) is 4.74. The molecule has 0 spiro atoms. The molecule has 0 aliphatic carbocycles. The number of benzene rings is 3. The third-order valence-corrected chi connectivity index (χ3v) is 6.93. The molecule has 1 amide bonds. The van der Waals surface area contributed by atoms with Crippen molar-refractivity contribution in [2.24, 2.45) is 0 Å². The Balaban J connectivity index is 1.29. The summed E-state index contributed by atoms with van der Waals surface area (Å²) in [6, 6.07) is 23.1. The lowest BCUT2D eigenvalue weighted by atomic mass is 9.97. The van der Waals surface area contributed by atoms with Crippen molar-refractivity contribution in [1.29, 1.82) is 0 Å². The first-order valence-corrected chi connectivity index (χ1v) is 12.5. The first kappa shape index (κ1) is 23.2. The van der Waals surface area contributed by atoms with E-state index < -0.39 is 22.1 Å². The zero-order valence-corrected chi connectivity index (χ0v) is 19.6. The van der Waals surface area contributed by atoms with Crippen LogP contribution in [0.25, 0.3) is 0 Å². The zero-order valence-electron chi connectivity index (χ0n) is 18.8. The van der Waals surface area contributed by atoms with Gasteiger partial charge in [-0.25, -0.2) is 27.9 Å². The van der Waals surface area contributed by atoms with E-state index in [0.29, 0.717) is 28.9 Å². The molecule has 0 radical (unpaired) electrons. The van der Waals surface area contributed by atoms with Gasteiger partial charge in [-0.15, -0.1) is 0 Å². The average Bonchev–Trinajstić information content (AvgIpc) is 2.89. The largest absolute Gasteiger partial charge is 0.452 e. The summed E-state index contributed by atoms with van der Waals surface area (Å²) < 4.78 is 33.6. The Kier molecular flexibility index (Phi) is 6.17. The molecule has 1 aliphatic rings. The van der Waals surface area contributed by atoms with E-state index in [0.717, 1.165) is 5.56 Å². The average molecular weight is 501 g/mol. The van der Waals surface area contributed by atoms with E-state index in [1.807, 2.05) is 18.2 Å². The van der Waals surface area contributed by atoms with Crippen LogP contribution in [0.2, 0.25) is 0 Å². The summed E-state index contributed by atoms with van der Waals surface area (Å²) in [5.41, 5.74) is 2.65. The highest BCUT2D eigenvalue weighted by atomic mass is 32.2. The molecule has 0 saturated heterocycles. The molecule has 1 unspecified atom stereocenters. The van der Waals surface area contributed by atoms with Crippen LogP contribution in [0.5, 0.6) is 0 Å². The predicted octanol–water partition coefficient (Wildman–Crippen LogP) is 3.98. The maximum atomic E-state index is 12.9. The molecule has 10 heteroatoms. The van der Waals surface area contributed by atoms with Crippen LogP contribution < -0.4 is 10.0 Å². The second kappa shape index (κ2) is 9.59. The van der Waals surface area contributed by atoms with E-state index >= 15 is 0 Å².